The van der Waals surface area contributed by atoms with Gasteiger partial charge in [-0.3, -0.25) is 0 Å². The van der Waals surface area contributed by atoms with Crippen molar-refractivity contribution in [3.05, 3.63) is 33.6 Å². The Hall–Kier alpha value is -1.75. The highest BCUT2D eigenvalue weighted by Gasteiger charge is 2.14. The first-order chi connectivity index (χ1) is 8.06. The van der Waals surface area contributed by atoms with Gasteiger partial charge in [-0.1, -0.05) is 0 Å². The van der Waals surface area contributed by atoms with E-state index in [2.05, 4.69) is 9.97 Å². The van der Waals surface area contributed by atoms with E-state index in [0.29, 0.717) is 16.1 Å². The van der Waals surface area contributed by atoms with Crippen molar-refractivity contribution >= 4 is 31.8 Å². The van der Waals surface area contributed by atoms with Crippen molar-refractivity contribution in [2.24, 2.45) is 0 Å². The van der Waals surface area contributed by atoms with E-state index in [1.807, 2.05) is 19.9 Å². The van der Waals surface area contributed by atoms with Gasteiger partial charge in [-0.15, -0.1) is 11.3 Å². The second-order valence-electron chi connectivity index (χ2n) is 4.06. The third-order valence-corrected chi connectivity index (χ3v) is 3.71. The van der Waals surface area contributed by atoms with Gasteiger partial charge >= 0.3 is 5.63 Å². The van der Waals surface area contributed by atoms with Gasteiger partial charge in [-0.25, -0.2) is 14.8 Å². The summed E-state index contributed by atoms with van der Waals surface area (Å²) < 4.78 is 5.55. The van der Waals surface area contributed by atoms with Crippen molar-refractivity contribution in [3.63, 3.8) is 0 Å². The molecule has 0 radical (unpaired) electrons. The fraction of sp³-hybridized carbons (Fsp3) is 0.250. The summed E-state index contributed by atoms with van der Waals surface area (Å²) >= 11 is 1.35. The van der Waals surface area contributed by atoms with Crippen molar-refractivity contribution in [2.75, 3.05) is 0 Å². The summed E-state index contributed by atoms with van der Waals surface area (Å²) in [6.45, 7) is 5.63. The van der Waals surface area contributed by atoms with Gasteiger partial charge in [0.2, 0.25) is 0 Å². The van der Waals surface area contributed by atoms with Crippen LogP contribution < -0.4 is 5.63 Å². The molecule has 0 fully saturated rings. The van der Waals surface area contributed by atoms with E-state index in [-0.39, 0.29) is 5.63 Å². The molecule has 3 aromatic heterocycles. The standard InChI is InChI=1S/C12H10N2O2S/c1-5-4-6(2)13-11-8(5)9-10(17-11)12(15)16-7(3)14-9/h4H,1-3H3. The van der Waals surface area contributed by atoms with E-state index >= 15 is 0 Å². The number of fused-ring (bicyclic) bond motifs is 3. The summed E-state index contributed by atoms with van der Waals surface area (Å²) in [5.74, 6) is 0.391. The van der Waals surface area contributed by atoms with Gasteiger partial charge in [-0.2, -0.15) is 0 Å². The lowest BCUT2D eigenvalue weighted by atomic mass is 10.1. The highest BCUT2D eigenvalue weighted by Crippen LogP contribution is 2.31. The average Bonchev–Trinajstić information content (AvgIpc) is 2.56. The monoisotopic (exact) mass is 246 g/mol. The molecule has 0 bridgehead atoms. The number of nitrogens with zero attached hydrogens (tertiary/aromatic N) is 2. The normalized spacial score (nSPS) is 11.5. The van der Waals surface area contributed by atoms with E-state index in [1.54, 1.807) is 6.92 Å². The summed E-state index contributed by atoms with van der Waals surface area (Å²) in [5.41, 5.74) is 2.43. The minimum atomic E-state index is -0.326. The molecule has 0 saturated carbocycles. The van der Waals surface area contributed by atoms with Crippen LogP contribution in [0.4, 0.5) is 0 Å². The van der Waals surface area contributed by atoms with Gasteiger partial charge in [0, 0.05) is 18.0 Å². The van der Waals surface area contributed by atoms with Crippen LogP contribution in [-0.4, -0.2) is 9.97 Å². The SMILES string of the molecule is Cc1cc(C)c2c(n1)sc1c(=O)oc(C)nc12. The Balaban J connectivity index is 2.65. The first-order valence-corrected chi connectivity index (χ1v) is 6.06. The van der Waals surface area contributed by atoms with E-state index in [0.717, 1.165) is 21.5 Å². The van der Waals surface area contributed by atoms with Crippen molar-refractivity contribution in [2.45, 2.75) is 20.8 Å². The van der Waals surface area contributed by atoms with Crippen LogP contribution in [0.3, 0.4) is 0 Å². The number of hydrogen-bond donors (Lipinski definition) is 0. The minimum absolute atomic E-state index is 0.326. The zero-order valence-corrected chi connectivity index (χ0v) is 10.5. The maximum atomic E-state index is 11.7. The molecular weight excluding hydrogens is 236 g/mol. The zero-order chi connectivity index (χ0) is 12.2. The second-order valence-corrected chi connectivity index (χ2v) is 5.06. The van der Waals surface area contributed by atoms with Gasteiger partial charge in [-0.05, 0) is 25.5 Å². The molecule has 4 nitrogen and oxygen atoms in total. The molecule has 17 heavy (non-hydrogen) atoms. The molecule has 0 unspecified atom stereocenters. The summed E-state index contributed by atoms with van der Waals surface area (Å²) in [6.07, 6.45) is 0. The molecule has 3 aromatic rings. The molecule has 0 amide bonds. The molecule has 3 rings (SSSR count). The number of aromatic nitrogens is 2. The molecule has 3 heterocycles. The van der Waals surface area contributed by atoms with E-state index in [4.69, 9.17) is 4.42 Å². The molecule has 0 saturated heterocycles. The van der Waals surface area contributed by atoms with Crippen LogP contribution in [0, 0.1) is 20.8 Å². The quantitative estimate of drug-likeness (QED) is 0.612. The summed E-state index contributed by atoms with van der Waals surface area (Å²) in [7, 11) is 0. The lowest BCUT2D eigenvalue weighted by Gasteiger charge is -1.98. The molecule has 0 aliphatic rings. The number of aryl methyl sites for hydroxylation is 3. The lowest BCUT2D eigenvalue weighted by molar-refractivity contribution is 0.468. The largest absolute Gasteiger partial charge is 0.408 e. The molecule has 0 atom stereocenters. The smallest absolute Gasteiger partial charge is 0.357 e. The molecular formula is C12H10N2O2S. The third-order valence-electron chi connectivity index (χ3n) is 2.66. The van der Waals surface area contributed by atoms with Crippen molar-refractivity contribution in [1.29, 1.82) is 0 Å². The first-order valence-electron chi connectivity index (χ1n) is 5.24. The predicted octanol–water partition coefficient (Wildman–Crippen LogP) is 2.72. The maximum Gasteiger partial charge on any atom is 0.357 e. The maximum absolute atomic E-state index is 11.7. The second kappa shape index (κ2) is 3.37. The molecule has 86 valence electrons. The number of hydrogen-bond acceptors (Lipinski definition) is 5. The number of pyridine rings is 1. The van der Waals surface area contributed by atoms with Crippen LogP contribution in [0.25, 0.3) is 20.4 Å². The Bertz CT molecular complexity index is 801. The van der Waals surface area contributed by atoms with Crippen LogP contribution in [0.2, 0.25) is 0 Å². The summed E-state index contributed by atoms with van der Waals surface area (Å²) in [6, 6.07) is 2.00. The Morgan fingerprint density at radius 1 is 1.24 bits per heavy atom. The molecule has 0 spiro atoms. The van der Waals surface area contributed by atoms with Gasteiger partial charge in [0.15, 0.2) is 5.89 Å². The van der Waals surface area contributed by atoms with E-state index in [9.17, 15) is 4.79 Å². The van der Waals surface area contributed by atoms with Gasteiger partial charge in [0.1, 0.15) is 15.0 Å². The van der Waals surface area contributed by atoms with Gasteiger partial charge < -0.3 is 4.42 Å². The number of thiophene rings is 1. The first kappa shape index (κ1) is 10.4. The number of rotatable bonds is 0. The molecule has 0 aliphatic carbocycles. The van der Waals surface area contributed by atoms with Crippen LogP contribution in [0.1, 0.15) is 17.1 Å². The van der Waals surface area contributed by atoms with Crippen LogP contribution in [0.5, 0.6) is 0 Å². The minimum Gasteiger partial charge on any atom is -0.408 e. The third kappa shape index (κ3) is 1.46. The molecule has 0 aliphatic heterocycles. The van der Waals surface area contributed by atoms with Gasteiger partial charge in [0.25, 0.3) is 0 Å². The van der Waals surface area contributed by atoms with Crippen LogP contribution in [0.15, 0.2) is 15.3 Å². The lowest BCUT2D eigenvalue weighted by Crippen LogP contribution is -1.99. The Labute approximate surface area is 101 Å². The van der Waals surface area contributed by atoms with Gasteiger partial charge in [0.05, 0.1) is 0 Å². The highest BCUT2D eigenvalue weighted by atomic mass is 32.1. The van der Waals surface area contributed by atoms with Crippen molar-refractivity contribution < 1.29 is 4.42 Å². The molecule has 5 heteroatoms. The highest BCUT2D eigenvalue weighted by molar-refractivity contribution is 7.25. The fourth-order valence-corrected chi connectivity index (χ4v) is 3.14. The van der Waals surface area contributed by atoms with Crippen molar-refractivity contribution in [3.8, 4) is 0 Å². The zero-order valence-electron chi connectivity index (χ0n) is 9.70. The Morgan fingerprint density at radius 2 is 2.00 bits per heavy atom. The Morgan fingerprint density at radius 3 is 2.76 bits per heavy atom. The average molecular weight is 246 g/mol. The summed E-state index contributed by atoms with van der Waals surface area (Å²) in [5, 5.41) is 0.964. The Kier molecular flexibility index (Phi) is 2.06. The van der Waals surface area contributed by atoms with E-state index in [1.165, 1.54) is 11.3 Å². The topological polar surface area (TPSA) is 56.0 Å². The fourth-order valence-electron chi connectivity index (χ4n) is 2.03. The van der Waals surface area contributed by atoms with Crippen LogP contribution >= 0.6 is 11.3 Å². The molecule has 0 aromatic carbocycles. The predicted molar refractivity (Wildman–Crippen MR) is 67.7 cm³/mol. The van der Waals surface area contributed by atoms with Crippen molar-refractivity contribution in [1.82, 2.24) is 9.97 Å². The van der Waals surface area contributed by atoms with Crippen LogP contribution in [-0.2, 0) is 0 Å². The van der Waals surface area contributed by atoms with E-state index < -0.39 is 0 Å². The molecule has 0 N–H and O–H groups in total. The summed E-state index contributed by atoms with van der Waals surface area (Å²) in [4.78, 5) is 21.4.